The molecular formula is C48H55N7O14S. The average Bonchev–Trinajstić information content (AvgIpc) is 3.30. The number of allylic oxidation sites excluding steroid dienone is 4. The lowest BCUT2D eigenvalue weighted by Gasteiger charge is -2.50. The second-order valence-electron chi connectivity index (χ2n) is 18.0. The van der Waals surface area contributed by atoms with Gasteiger partial charge in [0.1, 0.15) is 24.2 Å². The quantitative estimate of drug-likeness (QED) is 0.0236. The summed E-state index contributed by atoms with van der Waals surface area (Å²) in [6, 6.07) is 9.36. The van der Waals surface area contributed by atoms with Crippen molar-refractivity contribution in [2.75, 3.05) is 38.0 Å². The number of amides is 4. The second-order valence-corrected chi connectivity index (χ2v) is 18.4. The van der Waals surface area contributed by atoms with E-state index in [1.165, 1.54) is 78.0 Å². The molecule has 5 rings (SSSR count). The van der Waals surface area contributed by atoms with Gasteiger partial charge in [0.05, 0.1) is 39.4 Å². The maximum atomic E-state index is 14.2. The number of carboxylic acids is 1. The van der Waals surface area contributed by atoms with Crippen LogP contribution in [-0.2, 0) is 38.3 Å². The first-order valence-electron chi connectivity index (χ1n) is 22.1. The van der Waals surface area contributed by atoms with Crippen molar-refractivity contribution in [3.05, 3.63) is 105 Å². The standard InChI is InChI=1S/C48H55N7O14S/c1-26(56)23-52-43(64)47(4,5)48(6,44(65)53-24-38(59)51-25-39(60)68-31-13-9-28(10-14-31)55(66)67)46(2,3)42(63)49-18-7-19-50-45(70)54-27-8-15-32(35(20-27)41(61)62)40-33-16-11-29(57)21-36(33)69-37-22-30(58)12-17-34(37)40/h8-17,20-21,26,34,37,56H,7,18-19,22-25H2,1-6H3,(H,49,63)(H,51,59)(H,52,64)(H,53,65)(H,61,62)(H2,50,54,70). The molecule has 0 bridgehead atoms. The van der Waals surface area contributed by atoms with E-state index < -0.39 is 88.0 Å². The highest BCUT2D eigenvalue weighted by Gasteiger charge is 2.62. The Kier molecular flexibility index (Phi) is 16.9. The number of nitrogens with zero attached hydrogens (tertiary/aromatic N) is 1. The molecule has 21 nitrogen and oxygen atoms in total. The highest BCUT2D eigenvalue weighted by molar-refractivity contribution is 7.80. The molecule has 8 N–H and O–H groups in total. The molecule has 3 aliphatic rings. The SMILES string of the molecule is CC(O)CNC(=O)C(C)(C)C(C)(C(=O)NCC(=O)NCC(=O)Oc1ccc([N+](=O)[O-])cc1)C(C)(C)C(=O)NCCCNC(=S)Nc1ccc(C2=C3C=CC(=O)C=C3OC3CC(=O)C=CC23)c(C(=O)O)c1. The van der Waals surface area contributed by atoms with Crippen molar-refractivity contribution in [1.82, 2.24) is 26.6 Å². The summed E-state index contributed by atoms with van der Waals surface area (Å²) in [4.78, 5) is 114. The summed E-state index contributed by atoms with van der Waals surface area (Å²) in [6.45, 7) is 7.57. The van der Waals surface area contributed by atoms with E-state index >= 15 is 0 Å². The first-order chi connectivity index (χ1) is 32.9. The van der Waals surface area contributed by atoms with E-state index in [9.17, 15) is 58.7 Å². The average molecular weight is 986 g/mol. The fourth-order valence-corrected chi connectivity index (χ4v) is 8.40. The van der Waals surface area contributed by atoms with Crippen LogP contribution in [0.2, 0.25) is 0 Å². The number of hydrogen-bond donors (Lipinski definition) is 8. The third-order valence-corrected chi connectivity index (χ3v) is 12.9. The molecule has 70 heavy (non-hydrogen) atoms. The summed E-state index contributed by atoms with van der Waals surface area (Å²) in [5.74, 6) is -5.76. The van der Waals surface area contributed by atoms with E-state index in [-0.39, 0.29) is 65.5 Å². The van der Waals surface area contributed by atoms with Crippen LogP contribution in [0.4, 0.5) is 11.4 Å². The number of anilines is 1. The van der Waals surface area contributed by atoms with Gasteiger partial charge in [0.15, 0.2) is 16.7 Å². The molecule has 372 valence electrons. The highest BCUT2D eigenvalue weighted by atomic mass is 32.1. The van der Waals surface area contributed by atoms with Crippen LogP contribution in [0.15, 0.2) is 84.2 Å². The molecule has 0 saturated heterocycles. The number of ketones is 2. The zero-order valence-corrected chi connectivity index (χ0v) is 40.1. The molecule has 2 aromatic carbocycles. The Labute approximate surface area is 407 Å². The Morgan fingerprint density at radius 1 is 0.871 bits per heavy atom. The van der Waals surface area contributed by atoms with Crippen LogP contribution in [0.5, 0.6) is 5.75 Å². The Hall–Kier alpha value is -7.59. The summed E-state index contributed by atoms with van der Waals surface area (Å²) in [6.07, 6.45) is 6.18. The molecule has 1 aliphatic heterocycles. The first-order valence-corrected chi connectivity index (χ1v) is 22.5. The van der Waals surface area contributed by atoms with Crippen molar-refractivity contribution in [1.29, 1.82) is 0 Å². The van der Waals surface area contributed by atoms with Crippen LogP contribution >= 0.6 is 12.2 Å². The molecule has 0 spiro atoms. The van der Waals surface area contributed by atoms with Gasteiger partial charge in [-0.25, -0.2) is 9.59 Å². The number of aliphatic hydroxyl groups excluding tert-OH is 1. The minimum Gasteiger partial charge on any atom is -0.488 e. The van der Waals surface area contributed by atoms with Crippen molar-refractivity contribution in [3.8, 4) is 5.75 Å². The fourth-order valence-electron chi connectivity index (χ4n) is 8.18. The number of carboxylic acid groups (broad SMARTS) is 1. The predicted molar refractivity (Wildman–Crippen MR) is 257 cm³/mol. The molecule has 0 aromatic heterocycles. The number of thiocarbonyl (C=S) groups is 1. The number of aliphatic hydroxyl groups is 1. The van der Waals surface area contributed by atoms with E-state index in [0.717, 1.165) is 12.1 Å². The normalized spacial score (nSPS) is 17.5. The Bertz CT molecular complexity index is 2620. The number of non-ortho nitro benzene ring substituents is 1. The monoisotopic (exact) mass is 985 g/mol. The molecular weight excluding hydrogens is 931 g/mol. The number of nitro benzene ring substituents is 1. The van der Waals surface area contributed by atoms with Crippen molar-refractivity contribution in [3.63, 3.8) is 0 Å². The number of rotatable bonds is 20. The number of carbonyl (C=O) groups is 8. The number of benzene rings is 2. The van der Waals surface area contributed by atoms with Crippen LogP contribution in [0, 0.1) is 32.3 Å². The van der Waals surface area contributed by atoms with Crippen LogP contribution in [0.1, 0.15) is 70.3 Å². The number of carbonyl (C=O) groups excluding carboxylic acids is 7. The summed E-state index contributed by atoms with van der Waals surface area (Å²) in [5.41, 5.74) is -3.62. The van der Waals surface area contributed by atoms with Gasteiger partial charge in [0, 0.05) is 61.4 Å². The Morgan fingerprint density at radius 3 is 2.17 bits per heavy atom. The predicted octanol–water partition coefficient (Wildman–Crippen LogP) is 2.80. The van der Waals surface area contributed by atoms with E-state index in [1.807, 2.05) is 0 Å². The maximum Gasteiger partial charge on any atom is 0.336 e. The second kappa shape index (κ2) is 22.2. The zero-order chi connectivity index (χ0) is 51.7. The number of hydrogen-bond acceptors (Lipinski definition) is 14. The van der Waals surface area contributed by atoms with Gasteiger partial charge in [-0.3, -0.25) is 38.9 Å². The van der Waals surface area contributed by atoms with Crippen molar-refractivity contribution < 1.29 is 63.0 Å². The van der Waals surface area contributed by atoms with Gasteiger partial charge < -0.3 is 51.6 Å². The van der Waals surface area contributed by atoms with Crippen LogP contribution in [-0.4, -0.2) is 112 Å². The molecule has 0 fully saturated rings. The third kappa shape index (κ3) is 12.2. The van der Waals surface area contributed by atoms with Crippen LogP contribution < -0.4 is 36.6 Å². The minimum atomic E-state index is -1.88. The van der Waals surface area contributed by atoms with Gasteiger partial charge in [-0.15, -0.1) is 0 Å². The summed E-state index contributed by atoms with van der Waals surface area (Å²) in [5, 5.41) is 47.4. The zero-order valence-electron chi connectivity index (χ0n) is 39.3. The van der Waals surface area contributed by atoms with Gasteiger partial charge in [-0.1, -0.05) is 12.1 Å². The largest absolute Gasteiger partial charge is 0.488 e. The summed E-state index contributed by atoms with van der Waals surface area (Å²) in [7, 11) is 0. The van der Waals surface area contributed by atoms with E-state index in [4.69, 9.17) is 21.7 Å². The highest BCUT2D eigenvalue weighted by Crippen LogP contribution is 2.52. The fraction of sp³-hybridized carbons (Fsp3) is 0.396. The van der Waals surface area contributed by atoms with E-state index in [2.05, 4.69) is 31.9 Å². The van der Waals surface area contributed by atoms with Crippen molar-refractivity contribution in [2.45, 2.75) is 66.6 Å². The van der Waals surface area contributed by atoms with Crippen LogP contribution in [0.3, 0.4) is 0 Å². The molecule has 2 aliphatic carbocycles. The Morgan fingerprint density at radius 2 is 1.53 bits per heavy atom. The number of nitro groups is 1. The molecule has 1 heterocycles. The summed E-state index contributed by atoms with van der Waals surface area (Å²) < 4.78 is 11.1. The third-order valence-electron chi connectivity index (χ3n) is 12.6. The molecule has 4 amide bonds. The van der Waals surface area contributed by atoms with E-state index in [1.54, 1.807) is 24.3 Å². The number of esters is 1. The van der Waals surface area contributed by atoms with Gasteiger partial charge in [0.25, 0.3) is 5.69 Å². The van der Waals surface area contributed by atoms with Crippen molar-refractivity contribution >= 4 is 81.4 Å². The molecule has 2 aromatic rings. The smallest absolute Gasteiger partial charge is 0.336 e. The molecule has 0 radical (unpaired) electrons. The van der Waals surface area contributed by atoms with Gasteiger partial charge in [-0.2, -0.15) is 0 Å². The first kappa shape index (κ1) is 53.4. The van der Waals surface area contributed by atoms with Crippen molar-refractivity contribution in [2.24, 2.45) is 22.2 Å². The number of aromatic carboxylic acids is 1. The lowest BCUT2D eigenvalue weighted by molar-refractivity contribution is -0.384. The van der Waals surface area contributed by atoms with Gasteiger partial charge >= 0.3 is 11.9 Å². The lowest BCUT2D eigenvalue weighted by atomic mass is 9.52. The molecule has 22 heteroatoms. The topological polar surface area (TPSA) is 311 Å². The van der Waals surface area contributed by atoms with Gasteiger partial charge in [0.2, 0.25) is 23.6 Å². The number of fused-ring (bicyclic) bond motifs is 2. The van der Waals surface area contributed by atoms with Gasteiger partial charge in [-0.05, 0) is 114 Å². The maximum absolute atomic E-state index is 14.2. The number of nitrogens with one attached hydrogen (secondary N) is 6. The lowest BCUT2D eigenvalue weighted by Crippen LogP contribution is -2.65. The Balaban J connectivity index is 1.20. The minimum absolute atomic E-state index is 0.00369. The van der Waals surface area contributed by atoms with Crippen LogP contribution in [0.25, 0.3) is 5.57 Å². The molecule has 4 unspecified atom stereocenters. The number of ether oxygens (including phenoxy) is 2. The molecule has 4 atom stereocenters. The van der Waals surface area contributed by atoms with E-state index in [0.29, 0.717) is 28.8 Å². The molecule has 0 saturated carbocycles. The summed E-state index contributed by atoms with van der Waals surface area (Å²) >= 11 is 5.49.